The highest BCUT2D eigenvalue weighted by molar-refractivity contribution is 9.10. The molecule has 0 atom stereocenters. The second-order valence-electron chi connectivity index (χ2n) is 5.64. The zero-order valence-corrected chi connectivity index (χ0v) is 14.9. The molecule has 0 spiro atoms. The minimum atomic E-state index is -4.49. The van der Waals surface area contributed by atoms with E-state index in [0.717, 1.165) is 6.07 Å². The number of amides is 1. The number of rotatable bonds is 2. The third-order valence-corrected chi connectivity index (χ3v) is 4.48. The van der Waals surface area contributed by atoms with E-state index in [1.54, 1.807) is 22.9 Å². The van der Waals surface area contributed by atoms with Gasteiger partial charge in [-0.05, 0) is 28.1 Å². The first kappa shape index (κ1) is 17.7. The fourth-order valence-electron chi connectivity index (χ4n) is 2.76. The van der Waals surface area contributed by atoms with Gasteiger partial charge in [0, 0.05) is 50.1 Å². The van der Waals surface area contributed by atoms with Crippen LogP contribution in [0.2, 0.25) is 0 Å². The van der Waals surface area contributed by atoms with Gasteiger partial charge < -0.3 is 9.80 Å². The third kappa shape index (κ3) is 3.63. The number of hydrogen-bond acceptors (Lipinski definition) is 4. The predicted molar refractivity (Wildman–Crippen MR) is 88.3 cm³/mol. The van der Waals surface area contributed by atoms with Crippen LogP contribution < -0.4 is 4.90 Å². The molecule has 134 valence electrons. The standard InChI is InChI=1S/C15H15BrF3N5O/c1-22-12(2-3-21-22)14(25)24-6-4-23(5-7-24)13-11(15(17,18)19)8-10(16)9-20-13/h2-3,8-9H,4-7H2,1H3. The minimum Gasteiger partial charge on any atom is -0.353 e. The first-order valence-electron chi connectivity index (χ1n) is 7.52. The first-order chi connectivity index (χ1) is 11.8. The van der Waals surface area contributed by atoms with Gasteiger partial charge in [0.05, 0.1) is 5.56 Å². The van der Waals surface area contributed by atoms with Crippen LogP contribution in [0.1, 0.15) is 16.1 Å². The molecule has 1 amide bonds. The average molecular weight is 418 g/mol. The highest BCUT2D eigenvalue weighted by atomic mass is 79.9. The number of alkyl halides is 3. The molecule has 1 aliphatic rings. The molecule has 0 radical (unpaired) electrons. The highest BCUT2D eigenvalue weighted by Gasteiger charge is 2.37. The van der Waals surface area contributed by atoms with Crippen molar-refractivity contribution in [3.8, 4) is 0 Å². The van der Waals surface area contributed by atoms with E-state index in [-0.39, 0.29) is 29.3 Å². The maximum Gasteiger partial charge on any atom is 0.419 e. The molecule has 0 aliphatic carbocycles. The van der Waals surface area contributed by atoms with Crippen LogP contribution in [0.5, 0.6) is 0 Å². The molecule has 10 heteroatoms. The molecule has 0 bridgehead atoms. The number of carbonyl (C=O) groups is 1. The van der Waals surface area contributed by atoms with Crippen molar-refractivity contribution in [2.75, 3.05) is 31.1 Å². The summed E-state index contributed by atoms with van der Waals surface area (Å²) in [7, 11) is 1.67. The number of hydrogen-bond donors (Lipinski definition) is 0. The van der Waals surface area contributed by atoms with Gasteiger partial charge in [0.25, 0.3) is 5.91 Å². The quantitative estimate of drug-likeness (QED) is 0.753. The predicted octanol–water partition coefficient (Wildman–Crippen LogP) is 2.56. The average Bonchev–Trinajstić information content (AvgIpc) is 2.99. The van der Waals surface area contributed by atoms with Crippen LogP contribution in [0.15, 0.2) is 29.0 Å². The molecule has 0 saturated carbocycles. The summed E-state index contributed by atoms with van der Waals surface area (Å²) in [6.07, 6.45) is -1.61. The van der Waals surface area contributed by atoms with E-state index >= 15 is 0 Å². The number of aromatic nitrogens is 3. The van der Waals surface area contributed by atoms with Gasteiger partial charge in [-0.25, -0.2) is 4.98 Å². The lowest BCUT2D eigenvalue weighted by molar-refractivity contribution is -0.137. The number of halogens is 4. The van der Waals surface area contributed by atoms with Crippen LogP contribution >= 0.6 is 15.9 Å². The van der Waals surface area contributed by atoms with E-state index < -0.39 is 11.7 Å². The molecule has 0 N–H and O–H groups in total. The Bertz CT molecular complexity index is 784. The normalized spacial score (nSPS) is 15.6. The first-order valence-corrected chi connectivity index (χ1v) is 8.31. The third-order valence-electron chi connectivity index (χ3n) is 4.05. The van der Waals surface area contributed by atoms with Gasteiger partial charge >= 0.3 is 6.18 Å². The minimum absolute atomic E-state index is 0.108. The number of carbonyl (C=O) groups excluding carboxylic acids is 1. The SMILES string of the molecule is Cn1nccc1C(=O)N1CCN(c2ncc(Br)cc2C(F)(F)F)CC1. The molecule has 2 aromatic heterocycles. The highest BCUT2D eigenvalue weighted by Crippen LogP contribution is 2.37. The molecule has 1 aliphatic heterocycles. The summed E-state index contributed by atoms with van der Waals surface area (Å²) < 4.78 is 41.5. The largest absolute Gasteiger partial charge is 0.419 e. The number of nitrogens with zero attached hydrogens (tertiary/aromatic N) is 5. The second kappa shape index (κ2) is 6.66. The Morgan fingerprint density at radius 3 is 2.48 bits per heavy atom. The molecular formula is C15H15BrF3N5O. The van der Waals surface area contributed by atoms with Crippen molar-refractivity contribution in [3.05, 3.63) is 40.3 Å². The van der Waals surface area contributed by atoms with Crippen LogP contribution in [0.4, 0.5) is 19.0 Å². The van der Waals surface area contributed by atoms with Gasteiger partial charge in [-0.15, -0.1) is 0 Å². The van der Waals surface area contributed by atoms with Crippen molar-refractivity contribution in [1.29, 1.82) is 0 Å². The Balaban J connectivity index is 1.75. The lowest BCUT2D eigenvalue weighted by Crippen LogP contribution is -2.49. The van der Waals surface area contributed by atoms with Crippen LogP contribution in [0.25, 0.3) is 0 Å². The molecule has 1 saturated heterocycles. The lowest BCUT2D eigenvalue weighted by Gasteiger charge is -2.36. The lowest BCUT2D eigenvalue weighted by atomic mass is 10.2. The van der Waals surface area contributed by atoms with E-state index in [1.165, 1.54) is 17.1 Å². The number of anilines is 1. The van der Waals surface area contributed by atoms with Crippen molar-refractivity contribution < 1.29 is 18.0 Å². The summed E-state index contributed by atoms with van der Waals surface area (Å²) >= 11 is 3.03. The fourth-order valence-corrected chi connectivity index (χ4v) is 3.09. The molecule has 25 heavy (non-hydrogen) atoms. The van der Waals surface area contributed by atoms with Crippen LogP contribution in [0, 0.1) is 0 Å². The maximum absolute atomic E-state index is 13.3. The smallest absolute Gasteiger partial charge is 0.353 e. The molecule has 3 rings (SSSR count). The Labute approximate surface area is 150 Å². The van der Waals surface area contributed by atoms with Crippen molar-refractivity contribution in [2.45, 2.75) is 6.18 Å². The van der Waals surface area contributed by atoms with Gasteiger partial charge in [-0.3, -0.25) is 9.48 Å². The Morgan fingerprint density at radius 1 is 1.24 bits per heavy atom. The number of pyridine rings is 1. The summed E-state index contributed by atoms with van der Waals surface area (Å²) in [6.45, 7) is 1.20. The van der Waals surface area contributed by atoms with Crippen molar-refractivity contribution in [3.63, 3.8) is 0 Å². The van der Waals surface area contributed by atoms with E-state index in [0.29, 0.717) is 18.8 Å². The number of aryl methyl sites for hydroxylation is 1. The molecular weight excluding hydrogens is 403 g/mol. The zero-order chi connectivity index (χ0) is 18.2. The van der Waals surface area contributed by atoms with Gasteiger partial charge in [-0.2, -0.15) is 18.3 Å². The van der Waals surface area contributed by atoms with Crippen LogP contribution in [-0.2, 0) is 13.2 Å². The van der Waals surface area contributed by atoms with Crippen molar-refractivity contribution >= 4 is 27.7 Å². The second-order valence-corrected chi connectivity index (χ2v) is 6.56. The zero-order valence-electron chi connectivity index (χ0n) is 13.3. The topological polar surface area (TPSA) is 54.3 Å². The van der Waals surface area contributed by atoms with E-state index in [9.17, 15) is 18.0 Å². The molecule has 1 fully saturated rings. The summed E-state index contributed by atoms with van der Waals surface area (Å²) in [5.74, 6) is -0.289. The number of piperazine rings is 1. The van der Waals surface area contributed by atoms with E-state index in [1.807, 2.05) is 0 Å². The summed E-state index contributed by atoms with van der Waals surface area (Å²) in [5.41, 5.74) is -0.334. The monoisotopic (exact) mass is 417 g/mol. The van der Waals surface area contributed by atoms with Gasteiger partial charge in [0.2, 0.25) is 0 Å². The molecule has 0 unspecified atom stereocenters. The van der Waals surface area contributed by atoms with E-state index in [2.05, 4.69) is 26.0 Å². The summed E-state index contributed by atoms with van der Waals surface area (Å²) in [5, 5.41) is 3.96. The summed E-state index contributed by atoms with van der Waals surface area (Å²) in [6, 6.07) is 2.64. The van der Waals surface area contributed by atoms with Crippen molar-refractivity contribution in [1.82, 2.24) is 19.7 Å². The Hall–Kier alpha value is -2.10. The van der Waals surface area contributed by atoms with Crippen LogP contribution in [-0.4, -0.2) is 51.8 Å². The Morgan fingerprint density at radius 2 is 1.92 bits per heavy atom. The summed E-state index contributed by atoms with van der Waals surface area (Å²) in [4.78, 5) is 19.6. The fraction of sp³-hybridized carbons (Fsp3) is 0.400. The Kier molecular flexibility index (Phi) is 4.72. The van der Waals surface area contributed by atoms with Gasteiger partial charge in [0.15, 0.2) is 0 Å². The molecule has 0 aromatic carbocycles. The molecule has 2 aromatic rings. The van der Waals surface area contributed by atoms with Gasteiger partial charge in [-0.1, -0.05) is 0 Å². The van der Waals surface area contributed by atoms with Gasteiger partial charge in [0.1, 0.15) is 11.5 Å². The molecule has 3 heterocycles. The van der Waals surface area contributed by atoms with Crippen molar-refractivity contribution in [2.24, 2.45) is 7.05 Å². The maximum atomic E-state index is 13.3. The van der Waals surface area contributed by atoms with Crippen LogP contribution in [0.3, 0.4) is 0 Å². The van der Waals surface area contributed by atoms with E-state index in [4.69, 9.17) is 0 Å². The molecule has 6 nitrogen and oxygen atoms in total.